The first kappa shape index (κ1) is 16.1. The van der Waals surface area contributed by atoms with Gasteiger partial charge in [0.15, 0.2) is 0 Å². The molecule has 0 aliphatic carbocycles. The second-order valence-electron chi connectivity index (χ2n) is 4.47. The summed E-state index contributed by atoms with van der Waals surface area (Å²) >= 11 is 0. The van der Waals surface area contributed by atoms with Crippen LogP contribution in [0.15, 0.2) is 18.2 Å². The van der Waals surface area contributed by atoms with Gasteiger partial charge in [0.05, 0.1) is 18.0 Å². The molecule has 0 saturated heterocycles. The normalized spacial score (nSPS) is 12.0. The zero-order valence-corrected chi connectivity index (χ0v) is 12.7. The second kappa shape index (κ2) is 7.57. The van der Waals surface area contributed by atoms with Crippen LogP contribution in [0.3, 0.4) is 0 Å². The maximum atomic E-state index is 12.2. The van der Waals surface area contributed by atoms with Crippen molar-refractivity contribution in [2.24, 2.45) is 0 Å². The molecule has 0 amide bonds. The minimum absolute atomic E-state index is 0.174. The summed E-state index contributed by atoms with van der Waals surface area (Å²) in [5.41, 5.74) is 1.69. The van der Waals surface area contributed by atoms with Crippen LogP contribution in [0.4, 0.5) is 0 Å². The van der Waals surface area contributed by atoms with E-state index in [0.717, 1.165) is 11.4 Å². The smallest absolute Gasteiger partial charge is 0.214 e. The van der Waals surface area contributed by atoms with Crippen molar-refractivity contribution in [1.29, 1.82) is 0 Å². The molecule has 1 rings (SSSR count). The van der Waals surface area contributed by atoms with Crippen molar-refractivity contribution in [2.75, 3.05) is 25.9 Å². The minimum atomic E-state index is -3.20. The first-order valence-electron chi connectivity index (χ1n) is 6.54. The number of pyridine rings is 1. The van der Waals surface area contributed by atoms with E-state index < -0.39 is 10.0 Å². The number of rotatable bonds is 8. The quantitative estimate of drug-likeness (QED) is 0.728. The van der Waals surface area contributed by atoms with E-state index in [4.69, 9.17) is 0 Å². The zero-order chi connectivity index (χ0) is 14.3. The molecule has 1 aromatic heterocycles. The van der Waals surface area contributed by atoms with E-state index >= 15 is 0 Å². The second-order valence-corrected chi connectivity index (χ2v) is 6.56. The lowest BCUT2D eigenvalue weighted by molar-refractivity contribution is 0.417. The maximum Gasteiger partial charge on any atom is 0.214 e. The molecule has 19 heavy (non-hydrogen) atoms. The van der Waals surface area contributed by atoms with Gasteiger partial charge < -0.3 is 5.32 Å². The summed E-state index contributed by atoms with van der Waals surface area (Å²) in [6.07, 6.45) is 0.622. The molecule has 0 atom stereocenters. The van der Waals surface area contributed by atoms with E-state index in [9.17, 15) is 8.42 Å². The Morgan fingerprint density at radius 3 is 2.68 bits per heavy atom. The van der Waals surface area contributed by atoms with Gasteiger partial charge in [-0.15, -0.1) is 0 Å². The number of hydrogen-bond acceptors (Lipinski definition) is 4. The predicted octanol–water partition coefficient (Wildman–Crippen LogP) is 1.15. The molecule has 6 heteroatoms. The fourth-order valence-corrected chi connectivity index (χ4v) is 3.33. The molecule has 0 aromatic carbocycles. The van der Waals surface area contributed by atoms with Crippen molar-refractivity contribution >= 4 is 10.0 Å². The molecule has 1 aromatic rings. The van der Waals surface area contributed by atoms with E-state index in [2.05, 4.69) is 10.3 Å². The molecule has 5 nitrogen and oxygen atoms in total. The fourth-order valence-electron chi connectivity index (χ4n) is 1.84. The van der Waals surface area contributed by atoms with Crippen molar-refractivity contribution in [3.05, 3.63) is 29.6 Å². The summed E-state index contributed by atoms with van der Waals surface area (Å²) in [6.45, 7) is 5.28. The number of sulfonamides is 1. The Hall–Kier alpha value is -0.980. The highest BCUT2D eigenvalue weighted by molar-refractivity contribution is 7.89. The molecule has 0 radical (unpaired) electrons. The number of nitrogens with one attached hydrogen (secondary N) is 1. The van der Waals surface area contributed by atoms with Crippen molar-refractivity contribution < 1.29 is 8.42 Å². The summed E-state index contributed by atoms with van der Waals surface area (Å²) in [7, 11) is -1.38. The molecule has 0 saturated carbocycles. The molecule has 0 aliphatic heterocycles. The highest BCUT2D eigenvalue weighted by Crippen LogP contribution is 2.09. The fraction of sp³-hybridized carbons (Fsp3) is 0.615. The highest BCUT2D eigenvalue weighted by atomic mass is 32.2. The topological polar surface area (TPSA) is 62.3 Å². The Morgan fingerprint density at radius 2 is 2.11 bits per heavy atom. The predicted molar refractivity (Wildman–Crippen MR) is 77.4 cm³/mol. The molecule has 0 bridgehead atoms. The van der Waals surface area contributed by atoms with Crippen LogP contribution in [0.25, 0.3) is 0 Å². The van der Waals surface area contributed by atoms with Crippen molar-refractivity contribution in [3.63, 3.8) is 0 Å². The van der Waals surface area contributed by atoms with Crippen LogP contribution in [0, 0.1) is 6.92 Å². The third-order valence-electron chi connectivity index (χ3n) is 2.86. The summed E-state index contributed by atoms with van der Waals surface area (Å²) in [6, 6.07) is 5.67. The van der Waals surface area contributed by atoms with Crippen LogP contribution in [-0.4, -0.2) is 43.6 Å². The van der Waals surface area contributed by atoms with Crippen LogP contribution < -0.4 is 5.32 Å². The van der Waals surface area contributed by atoms with Gasteiger partial charge in [-0.2, -0.15) is 4.31 Å². The summed E-state index contributed by atoms with van der Waals surface area (Å²) < 4.78 is 25.9. The van der Waals surface area contributed by atoms with Crippen LogP contribution in [0.5, 0.6) is 0 Å². The molecular formula is C13H23N3O2S. The van der Waals surface area contributed by atoms with E-state index in [1.165, 1.54) is 4.31 Å². The molecular weight excluding hydrogens is 262 g/mol. The number of hydrogen-bond donors (Lipinski definition) is 1. The Bertz CT molecular complexity index is 488. The lowest BCUT2D eigenvalue weighted by atomic mass is 10.3. The third kappa shape index (κ3) is 5.26. The van der Waals surface area contributed by atoms with Gasteiger partial charge in [0, 0.05) is 12.2 Å². The lowest BCUT2D eigenvalue weighted by Crippen LogP contribution is -2.33. The van der Waals surface area contributed by atoms with Crippen LogP contribution >= 0.6 is 0 Å². The Kier molecular flexibility index (Phi) is 6.41. The van der Waals surface area contributed by atoms with Gasteiger partial charge >= 0.3 is 0 Å². The largest absolute Gasteiger partial charge is 0.320 e. The van der Waals surface area contributed by atoms with Gasteiger partial charge in [0.1, 0.15) is 0 Å². The zero-order valence-electron chi connectivity index (χ0n) is 11.9. The van der Waals surface area contributed by atoms with E-state index in [1.54, 1.807) is 0 Å². The standard InChI is InChI=1S/C13H23N3O2S/c1-4-16(19(17,18)10-6-9-14-3)11-13-8-5-7-12(2)15-13/h5,7-8,14H,4,6,9-11H2,1-3H3. The maximum absolute atomic E-state index is 12.2. The number of aryl methyl sites for hydroxylation is 1. The van der Waals surface area contributed by atoms with Crippen LogP contribution in [-0.2, 0) is 16.6 Å². The SMILES string of the molecule is CCN(Cc1cccc(C)n1)S(=O)(=O)CCCNC. The highest BCUT2D eigenvalue weighted by Gasteiger charge is 2.20. The molecule has 1 heterocycles. The first-order valence-corrected chi connectivity index (χ1v) is 8.15. The Morgan fingerprint density at radius 1 is 1.37 bits per heavy atom. The minimum Gasteiger partial charge on any atom is -0.320 e. The Balaban J connectivity index is 2.72. The van der Waals surface area contributed by atoms with Crippen molar-refractivity contribution in [2.45, 2.75) is 26.8 Å². The molecule has 0 spiro atoms. The van der Waals surface area contributed by atoms with Gasteiger partial charge in [0.2, 0.25) is 10.0 Å². The number of nitrogens with zero attached hydrogens (tertiary/aromatic N) is 2. The molecule has 108 valence electrons. The van der Waals surface area contributed by atoms with Gasteiger partial charge in [-0.25, -0.2) is 8.42 Å². The van der Waals surface area contributed by atoms with Crippen LogP contribution in [0.2, 0.25) is 0 Å². The Labute approximate surface area is 116 Å². The summed E-state index contributed by atoms with van der Waals surface area (Å²) in [5.74, 6) is 0.174. The van der Waals surface area contributed by atoms with E-state index in [-0.39, 0.29) is 5.75 Å². The molecule has 0 unspecified atom stereocenters. The van der Waals surface area contributed by atoms with E-state index in [1.807, 2.05) is 39.1 Å². The molecule has 1 N–H and O–H groups in total. The average molecular weight is 285 g/mol. The summed E-state index contributed by atoms with van der Waals surface area (Å²) in [4.78, 5) is 4.35. The van der Waals surface area contributed by atoms with Gasteiger partial charge in [-0.3, -0.25) is 4.98 Å². The summed E-state index contributed by atoms with van der Waals surface area (Å²) in [5, 5.41) is 2.96. The van der Waals surface area contributed by atoms with Crippen molar-refractivity contribution in [1.82, 2.24) is 14.6 Å². The molecule has 0 fully saturated rings. The third-order valence-corrected chi connectivity index (χ3v) is 4.84. The van der Waals surface area contributed by atoms with Gasteiger partial charge in [-0.1, -0.05) is 13.0 Å². The average Bonchev–Trinajstić information content (AvgIpc) is 2.36. The van der Waals surface area contributed by atoms with Gasteiger partial charge in [-0.05, 0) is 39.1 Å². The van der Waals surface area contributed by atoms with Crippen LogP contribution in [0.1, 0.15) is 24.7 Å². The first-order chi connectivity index (χ1) is 8.99. The van der Waals surface area contributed by atoms with E-state index in [0.29, 0.717) is 26.1 Å². The lowest BCUT2D eigenvalue weighted by Gasteiger charge is -2.20. The monoisotopic (exact) mass is 285 g/mol. The van der Waals surface area contributed by atoms with Gasteiger partial charge in [0.25, 0.3) is 0 Å². The van der Waals surface area contributed by atoms with Crippen molar-refractivity contribution in [3.8, 4) is 0 Å². The molecule has 0 aliphatic rings. The number of aromatic nitrogens is 1.